The molecule has 18 heavy (non-hydrogen) atoms. The first-order valence-corrected chi connectivity index (χ1v) is 6.79. The van der Waals surface area contributed by atoms with Gasteiger partial charge in [-0.15, -0.1) is 0 Å². The molecule has 0 amide bonds. The van der Waals surface area contributed by atoms with Gasteiger partial charge >= 0.3 is 0 Å². The Hall–Kier alpha value is -1.37. The van der Waals surface area contributed by atoms with E-state index in [0.717, 1.165) is 24.8 Å². The number of carbonyl (C=O) groups excluding carboxylic acids is 1. The van der Waals surface area contributed by atoms with E-state index < -0.39 is 0 Å². The minimum atomic E-state index is 0.383. The lowest BCUT2D eigenvalue weighted by atomic mass is 9.97. The highest BCUT2D eigenvalue weighted by atomic mass is 16.1. The van der Waals surface area contributed by atoms with E-state index in [-0.39, 0.29) is 0 Å². The summed E-state index contributed by atoms with van der Waals surface area (Å²) in [5.41, 5.74) is 3.48. The molecule has 1 unspecified atom stereocenters. The second kappa shape index (κ2) is 7.15. The first kappa shape index (κ1) is 14.7. The molecule has 1 nitrogen and oxygen atoms in total. The third-order valence-corrected chi connectivity index (χ3v) is 3.41. The van der Waals surface area contributed by atoms with Crippen LogP contribution in [0, 0.1) is 5.92 Å². The molecule has 0 N–H and O–H groups in total. The van der Waals surface area contributed by atoms with Crippen LogP contribution in [0.25, 0.3) is 5.57 Å². The lowest BCUT2D eigenvalue weighted by Crippen LogP contribution is -2.05. The minimum Gasteiger partial charge on any atom is -0.300 e. The maximum Gasteiger partial charge on any atom is 0.133 e. The van der Waals surface area contributed by atoms with Crippen LogP contribution in [0.1, 0.15) is 51.2 Å². The Morgan fingerprint density at radius 1 is 1.28 bits per heavy atom. The summed E-state index contributed by atoms with van der Waals surface area (Å²) in [6.07, 6.45) is 3.32. The Morgan fingerprint density at radius 3 is 2.39 bits per heavy atom. The lowest BCUT2D eigenvalue weighted by Gasteiger charge is -2.07. The van der Waals surface area contributed by atoms with Crippen molar-refractivity contribution in [2.45, 2.75) is 46.5 Å². The number of rotatable bonds is 7. The minimum absolute atomic E-state index is 0.383. The highest BCUT2D eigenvalue weighted by molar-refractivity contribution is 5.78. The van der Waals surface area contributed by atoms with Crippen LogP contribution < -0.4 is 0 Å². The zero-order chi connectivity index (χ0) is 13.5. The summed E-state index contributed by atoms with van der Waals surface area (Å²) in [7, 11) is 0. The summed E-state index contributed by atoms with van der Waals surface area (Å²) in [5, 5.41) is 0. The van der Waals surface area contributed by atoms with E-state index in [1.54, 1.807) is 0 Å². The topological polar surface area (TPSA) is 17.1 Å². The van der Waals surface area contributed by atoms with Crippen molar-refractivity contribution in [3.05, 3.63) is 42.0 Å². The summed E-state index contributed by atoms with van der Waals surface area (Å²) in [6.45, 7) is 10.2. The molecule has 0 spiro atoms. The van der Waals surface area contributed by atoms with Crippen molar-refractivity contribution in [3.63, 3.8) is 0 Å². The molecule has 1 heteroatoms. The predicted octanol–water partition coefficient (Wildman–Crippen LogP) is 4.66. The quantitative estimate of drug-likeness (QED) is 0.682. The molecule has 0 fully saturated rings. The number of aryl methyl sites for hydroxylation is 1. The van der Waals surface area contributed by atoms with E-state index in [4.69, 9.17) is 0 Å². The van der Waals surface area contributed by atoms with E-state index in [1.165, 1.54) is 11.1 Å². The number of hydrogen-bond acceptors (Lipinski definition) is 1. The van der Waals surface area contributed by atoms with Gasteiger partial charge in [-0.05, 0) is 30.4 Å². The largest absolute Gasteiger partial charge is 0.300 e. The van der Waals surface area contributed by atoms with Crippen LogP contribution >= 0.6 is 0 Å². The van der Waals surface area contributed by atoms with E-state index in [0.29, 0.717) is 18.1 Å². The summed E-state index contributed by atoms with van der Waals surface area (Å²) in [5.74, 6) is 0.900. The van der Waals surface area contributed by atoms with Gasteiger partial charge in [0.1, 0.15) is 5.78 Å². The van der Waals surface area contributed by atoms with Crippen LogP contribution in [0.3, 0.4) is 0 Å². The standard InChI is InChI=1S/C17H24O/c1-5-14(4)12-17(18)11-8-15-6-9-16(10-7-15)13(2)3/h6-7,9-10,14H,2,5,8,11-12H2,1,3-4H3. The first-order valence-electron chi connectivity index (χ1n) is 6.79. The Morgan fingerprint density at radius 2 is 1.89 bits per heavy atom. The molecule has 0 radical (unpaired) electrons. The third-order valence-electron chi connectivity index (χ3n) is 3.41. The molecule has 0 aromatic heterocycles. The maximum atomic E-state index is 11.7. The van der Waals surface area contributed by atoms with Crippen molar-refractivity contribution in [1.82, 2.24) is 0 Å². The van der Waals surface area contributed by atoms with Crippen molar-refractivity contribution in [1.29, 1.82) is 0 Å². The average Bonchev–Trinajstić information content (AvgIpc) is 2.36. The molecule has 0 saturated carbocycles. The third kappa shape index (κ3) is 4.87. The second-order valence-electron chi connectivity index (χ2n) is 5.23. The number of Topliss-reactive ketones (excluding diaryl/α,β-unsaturated/α-hetero) is 1. The first-order chi connectivity index (χ1) is 8.52. The van der Waals surface area contributed by atoms with Crippen molar-refractivity contribution < 1.29 is 4.79 Å². The molecular formula is C17H24O. The van der Waals surface area contributed by atoms with Gasteiger partial charge in [-0.2, -0.15) is 0 Å². The Balaban J connectivity index is 2.44. The van der Waals surface area contributed by atoms with Gasteiger partial charge in [-0.1, -0.05) is 56.7 Å². The van der Waals surface area contributed by atoms with Gasteiger partial charge in [0.15, 0.2) is 0 Å². The van der Waals surface area contributed by atoms with E-state index in [9.17, 15) is 4.79 Å². The van der Waals surface area contributed by atoms with Crippen molar-refractivity contribution >= 4 is 11.4 Å². The molecule has 1 aromatic carbocycles. The Labute approximate surface area is 111 Å². The van der Waals surface area contributed by atoms with Gasteiger partial charge < -0.3 is 0 Å². The molecule has 98 valence electrons. The number of carbonyl (C=O) groups is 1. The Bertz CT molecular complexity index is 400. The number of allylic oxidation sites excluding steroid dienone is 1. The number of benzene rings is 1. The molecule has 0 bridgehead atoms. The van der Waals surface area contributed by atoms with Gasteiger partial charge in [0.2, 0.25) is 0 Å². The van der Waals surface area contributed by atoms with Crippen LogP contribution in [-0.4, -0.2) is 5.78 Å². The fourth-order valence-corrected chi connectivity index (χ4v) is 1.87. The van der Waals surface area contributed by atoms with Crippen LogP contribution in [-0.2, 0) is 11.2 Å². The van der Waals surface area contributed by atoms with Crippen molar-refractivity contribution in [3.8, 4) is 0 Å². The van der Waals surface area contributed by atoms with E-state index in [1.807, 2.05) is 6.92 Å². The molecular weight excluding hydrogens is 220 g/mol. The van der Waals surface area contributed by atoms with Gasteiger partial charge in [0.05, 0.1) is 0 Å². The highest BCUT2D eigenvalue weighted by Gasteiger charge is 2.07. The zero-order valence-electron chi connectivity index (χ0n) is 11.8. The van der Waals surface area contributed by atoms with Crippen molar-refractivity contribution in [2.75, 3.05) is 0 Å². The van der Waals surface area contributed by atoms with E-state index >= 15 is 0 Å². The summed E-state index contributed by atoms with van der Waals surface area (Å²) in [6, 6.07) is 8.36. The molecule has 0 heterocycles. The van der Waals surface area contributed by atoms with E-state index in [2.05, 4.69) is 44.7 Å². The van der Waals surface area contributed by atoms with Crippen LogP contribution in [0.2, 0.25) is 0 Å². The van der Waals surface area contributed by atoms with Crippen molar-refractivity contribution in [2.24, 2.45) is 5.92 Å². The van der Waals surface area contributed by atoms with Crippen LogP contribution in [0.5, 0.6) is 0 Å². The molecule has 0 aliphatic heterocycles. The zero-order valence-corrected chi connectivity index (χ0v) is 11.8. The van der Waals surface area contributed by atoms with Gasteiger partial charge in [0.25, 0.3) is 0 Å². The van der Waals surface area contributed by atoms with Crippen LogP contribution in [0.4, 0.5) is 0 Å². The highest BCUT2D eigenvalue weighted by Crippen LogP contribution is 2.15. The summed E-state index contributed by atoms with van der Waals surface area (Å²) >= 11 is 0. The van der Waals surface area contributed by atoms with Gasteiger partial charge in [-0.25, -0.2) is 0 Å². The summed E-state index contributed by atoms with van der Waals surface area (Å²) in [4.78, 5) is 11.7. The number of hydrogen-bond donors (Lipinski definition) is 0. The summed E-state index contributed by atoms with van der Waals surface area (Å²) < 4.78 is 0. The molecule has 1 rings (SSSR count). The van der Waals surface area contributed by atoms with Gasteiger partial charge in [0, 0.05) is 12.8 Å². The number of ketones is 1. The predicted molar refractivity (Wildman–Crippen MR) is 78.6 cm³/mol. The Kier molecular flexibility index (Phi) is 5.84. The molecule has 0 saturated heterocycles. The van der Waals surface area contributed by atoms with Gasteiger partial charge in [-0.3, -0.25) is 4.79 Å². The molecule has 1 atom stereocenters. The fourth-order valence-electron chi connectivity index (χ4n) is 1.87. The second-order valence-corrected chi connectivity index (χ2v) is 5.23. The SMILES string of the molecule is C=C(C)c1ccc(CCC(=O)CC(C)CC)cc1. The molecule has 1 aromatic rings. The smallest absolute Gasteiger partial charge is 0.133 e. The molecule has 0 aliphatic carbocycles. The lowest BCUT2D eigenvalue weighted by molar-refractivity contribution is -0.119. The van der Waals surface area contributed by atoms with Crippen LogP contribution in [0.15, 0.2) is 30.8 Å². The monoisotopic (exact) mass is 244 g/mol. The normalized spacial score (nSPS) is 12.2. The molecule has 0 aliphatic rings. The fraction of sp³-hybridized carbons (Fsp3) is 0.471. The maximum absolute atomic E-state index is 11.7. The average molecular weight is 244 g/mol.